The molecule has 0 saturated carbocycles. The largest absolute Gasteiger partial charge is 0.416 e. The summed E-state index contributed by atoms with van der Waals surface area (Å²) in [5.74, 6) is 0.754. The number of hydrogen-bond acceptors (Lipinski definition) is 5. The molecule has 7 heteroatoms. The number of halogens is 1. The van der Waals surface area contributed by atoms with Gasteiger partial charge < -0.3 is 9.73 Å². The van der Waals surface area contributed by atoms with Crippen molar-refractivity contribution in [2.45, 2.75) is 31.9 Å². The van der Waals surface area contributed by atoms with Gasteiger partial charge in [-0.1, -0.05) is 34.6 Å². The number of hydrogen-bond donors (Lipinski definition) is 1. The fourth-order valence-corrected chi connectivity index (χ4v) is 2.49. The van der Waals surface area contributed by atoms with Crippen molar-refractivity contribution < 1.29 is 9.21 Å². The Balaban J connectivity index is 1.85. The maximum absolute atomic E-state index is 11.9. The summed E-state index contributed by atoms with van der Waals surface area (Å²) in [7, 11) is 0. The van der Waals surface area contributed by atoms with Crippen molar-refractivity contribution in [1.82, 2.24) is 10.2 Å². The Morgan fingerprint density at radius 3 is 2.95 bits per heavy atom. The zero-order valence-electron chi connectivity index (χ0n) is 11.9. The maximum atomic E-state index is 11.9. The zero-order valence-corrected chi connectivity index (χ0v) is 14.3. The average Bonchev–Trinajstić information content (AvgIpc) is 2.89. The first-order chi connectivity index (χ1) is 10.1. The van der Waals surface area contributed by atoms with Gasteiger partial charge in [-0.3, -0.25) is 4.79 Å². The monoisotopic (exact) mass is 369 g/mol. The van der Waals surface area contributed by atoms with Gasteiger partial charge in [0.1, 0.15) is 0 Å². The lowest BCUT2D eigenvalue weighted by atomic mass is 10.2. The molecule has 5 nitrogen and oxygen atoms in total. The summed E-state index contributed by atoms with van der Waals surface area (Å²) < 4.78 is 6.43. The summed E-state index contributed by atoms with van der Waals surface area (Å²) >= 11 is 4.67. The van der Waals surface area contributed by atoms with Crippen LogP contribution >= 0.6 is 27.7 Å². The van der Waals surface area contributed by atoms with E-state index < -0.39 is 0 Å². The number of amides is 1. The minimum Gasteiger partial charge on any atom is -0.416 e. The molecule has 0 aliphatic carbocycles. The molecular weight excluding hydrogens is 354 g/mol. The third-order valence-corrected chi connectivity index (χ3v) is 4.39. The van der Waals surface area contributed by atoms with Gasteiger partial charge >= 0.3 is 0 Å². The maximum Gasteiger partial charge on any atom is 0.277 e. The standard InChI is InChI=1S/C14H16BrN3O2S/c1-3-4-13-17-18-14(20-13)21-8-12(19)16-10-5-6-11(15)9(2)7-10/h5-7H,3-4,8H2,1-2H3,(H,16,19). The highest BCUT2D eigenvalue weighted by molar-refractivity contribution is 9.10. The second-order valence-electron chi connectivity index (χ2n) is 4.51. The van der Waals surface area contributed by atoms with E-state index in [9.17, 15) is 4.79 Å². The highest BCUT2D eigenvalue weighted by atomic mass is 79.9. The SMILES string of the molecule is CCCc1nnc(SCC(=O)Nc2ccc(Br)c(C)c2)o1. The minimum atomic E-state index is -0.100. The van der Waals surface area contributed by atoms with Crippen molar-refractivity contribution in [3.8, 4) is 0 Å². The van der Waals surface area contributed by atoms with Gasteiger partial charge in [0.05, 0.1) is 5.75 Å². The van der Waals surface area contributed by atoms with Gasteiger partial charge in [-0.2, -0.15) is 0 Å². The number of aryl methyl sites for hydroxylation is 2. The number of thioether (sulfide) groups is 1. The summed E-state index contributed by atoms with van der Waals surface area (Å²) in [5, 5.41) is 11.1. The Hall–Kier alpha value is -1.34. The zero-order chi connectivity index (χ0) is 15.2. The van der Waals surface area contributed by atoms with Crippen LogP contribution in [0.1, 0.15) is 24.8 Å². The number of aromatic nitrogens is 2. The summed E-state index contributed by atoms with van der Waals surface area (Å²) in [6.45, 7) is 4.02. The molecule has 0 spiro atoms. The van der Waals surface area contributed by atoms with Gasteiger partial charge in [0.15, 0.2) is 0 Å². The second kappa shape index (κ2) is 7.61. The van der Waals surface area contributed by atoms with Crippen molar-refractivity contribution in [2.24, 2.45) is 0 Å². The van der Waals surface area contributed by atoms with Crippen LogP contribution in [-0.4, -0.2) is 21.9 Å². The third-order valence-electron chi connectivity index (χ3n) is 2.68. The highest BCUT2D eigenvalue weighted by Gasteiger charge is 2.09. The number of rotatable bonds is 6. The minimum absolute atomic E-state index is 0.100. The molecule has 0 saturated heterocycles. The van der Waals surface area contributed by atoms with Gasteiger partial charge in [0, 0.05) is 16.6 Å². The number of carbonyl (C=O) groups excluding carboxylic acids is 1. The molecule has 1 aromatic heterocycles. The molecule has 1 amide bonds. The fraction of sp³-hybridized carbons (Fsp3) is 0.357. The van der Waals surface area contributed by atoms with Gasteiger partial charge in [-0.25, -0.2) is 0 Å². The van der Waals surface area contributed by atoms with Crippen LogP contribution in [0.5, 0.6) is 0 Å². The predicted molar refractivity (Wildman–Crippen MR) is 86.5 cm³/mol. The smallest absolute Gasteiger partial charge is 0.277 e. The first kappa shape index (κ1) is 16.0. The molecule has 2 aromatic rings. The fourth-order valence-electron chi connectivity index (χ4n) is 1.66. The van der Waals surface area contributed by atoms with Crippen LogP contribution in [0.3, 0.4) is 0 Å². The van der Waals surface area contributed by atoms with E-state index in [4.69, 9.17) is 4.42 Å². The van der Waals surface area contributed by atoms with E-state index in [0.717, 1.165) is 28.6 Å². The van der Waals surface area contributed by atoms with Crippen molar-refractivity contribution in [3.05, 3.63) is 34.1 Å². The lowest BCUT2D eigenvalue weighted by molar-refractivity contribution is -0.113. The summed E-state index contributed by atoms with van der Waals surface area (Å²) in [6.07, 6.45) is 1.72. The van der Waals surface area contributed by atoms with E-state index in [-0.39, 0.29) is 11.7 Å². The Morgan fingerprint density at radius 2 is 2.24 bits per heavy atom. The molecule has 0 aliphatic rings. The molecule has 0 radical (unpaired) electrons. The van der Waals surface area contributed by atoms with Crippen molar-refractivity contribution in [1.29, 1.82) is 0 Å². The molecular formula is C14H16BrN3O2S. The molecule has 0 fully saturated rings. The second-order valence-corrected chi connectivity index (χ2v) is 6.29. The number of anilines is 1. The van der Waals surface area contributed by atoms with Gasteiger partial charge in [-0.05, 0) is 37.1 Å². The molecule has 1 N–H and O–H groups in total. The number of benzene rings is 1. The highest BCUT2D eigenvalue weighted by Crippen LogP contribution is 2.21. The molecule has 0 bridgehead atoms. The molecule has 1 aromatic carbocycles. The molecule has 0 atom stereocenters. The van der Waals surface area contributed by atoms with E-state index in [1.807, 2.05) is 32.0 Å². The van der Waals surface area contributed by atoms with Crippen LogP contribution in [0, 0.1) is 6.92 Å². The normalized spacial score (nSPS) is 10.6. The van der Waals surface area contributed by atoms with Crippen molar-refractivity contribution >= 4 is 39.3 Å². The molecule has 0 aliphatic heterocycles. The Labute approximate surface area is 136 Å². The van der Waals surface area contributed by atoms with Gasteiger partial charge in [-0.15, -0.1) is 10.2 Å². The first-order valence-electron chi connectivity index (χ1n) is 6.59. The number of nitrogens with zero attached hydrogens (tertiary/aromatic N) is 2. The lowest BCUT2D eigenvalue weighted by Crippen LogP contribution is -2.14. The molecule has 0 unspecified atom stereocenters. The van der Waals surface area contributed by atoms with Crippen LogP contribution < -0.4 is 5.32 Å². The quantitative estimate of drug-likeness (QED) is 0.783. The summed E-state index contributed by atoms with van der Waals surface area (Å²) in [6, 6.07) is 5.68. The Kier molecular flexibility index (Phi) is 5.81. The van der Waals surface area contributed by atoms with E-state index in [1.54, 1.807) is 0 Å². The Bertz CT molecular complexity index is 630. The Morgan fingerprint density at radius 1 is 1.43 bits per heavy atom. The predicted octanol–water partition coefficient (Wildman–Crippen LogP) is 3.82. The van der Waals surface area contributed by atoms with Gasteiger partial charge in [0.25, 0.3) is 5.22 Å². The first-order valence-corrected chi connectivity index (χ1v) is 8.37. The van der Waals surface area contributed by atoms with Crippen LogP contribution in [0.2, 0.25) is 0 Å². The van der Waals surface area contributed by atoms with Crippen LogP contribution in [0.25, 0.3) is 0 Å². The van der Waals surface area contributed by atoms with Crippen LogP contribution in [0.15, 0.2) is 32.3 Å². The van der Waals surface area contributed by atoms with Crippen molar-refractivity contribution in [2.75, 3.05) is 11.1 Å². The molecule has 1 heterocycles. The van der Waals surface area contributed by atoms with Crippen molar-refractivity contribution in [3.63, 3.8) is 0 Å². The van der Waals surface area contributed by atoms with E-state index in [2.05, 4.69) is 31.4 Å². The average molecular weight is 370 g/mol. The number of carbonyl (C=O) groups is 1. The summed E-state index contributed by atoms with van der Waals surface area (Å²) in [4.78, 5) is 11.9. The van der Waals surface area contributed by atoms with Crippen LogP contribution in [0.4, 0.5) is 5.69 Å². The molecule has 112 valence electrons. The summed E-state index contributed by atoms with van der Waals surface area (Å²) in [5.41, 5.74) is 1.85. The van der Waals surface area contributed by atoms with E-state index in [1.165, 1.54) is 11.8 Å². The topological polar surface area (TPSA) is 68.0 Å². The lowest BCUT2D eigenvalue weighted by Gasteiger charge is -2.06. The van der Waals surface area contributed by atoms with E-state index >= 15 is 0 Å². The number of nitrogens with one attached hydrogen (secondary N) is 1. The van der Waals surface area contributed by atoms with Crippen LogP contribution in [-0.2, 0) is 11.2 Å². The van der Waals surface area contributed by atoms with E-state index in [0.29, 0.717) is 11.1 Å². The third kappa shape index (κ3) is 4.86. The molecule has 2 rings (SSSR count). The molecule has 21 heavy (non-hydrogen) atoms. The van der Waals surface area contributed by atoms with Gasteiger partial charge in [0.2, 0.25) is 11.8 Å².